The first-order valence-electron chi connectivity index (χ1n) is 18.7. The summed E-state index contributed by atoms with van der Waals surface area (Å²) in [5.41, 5.74) is 11.3. The Hall–Kier alpha value is -7.36. The van der Waals surface area contributed by atoms with Gasteiger partial charge in [-0.1, -0.05) is 133 Å². The van der Waals surface area contributed by atoms with Gasteiger partial charge in [0.15, 0.2) is 0 Å². The third-order valence-corrected chi connectivity index (χ3v) is 11.0. The lowest BCUT2D eigenvalue weighted by atomic mass is 9.84. The fraction of sp³-hybridized carbons (Fsp3) is 0. The van der Waals surface area contributed by atoms with E-state index in [-0.39, 0.29) is 0 Å². The maximum absolute atomic E-state index is 5.08. The summed E-state index contributed by atoms with van der Waals surface area (Å²) >= 11 is 0. The molecule has 0 aliphatic carbocycles. The van der Waals surface area contributed by atoms with E-state index in [0.29, 0.717) is 0 Å². The third-order valence-electron chi connectivity index (χ3n) is 11.0. The van der Waals surface area contributed by atoms with Crippen LogP contribution in [0.1, 0.15) is 0 Å². The summed E-state index contributed by atoms with van der Waals surface area (Å²) in [7, 11) is 0. The van der Waals surface area contributed by atoms with Gasteiger partial charge >= 0.3 is 0 Å². The highest BCUT2D eigenvalue weighted by Crippen LogP contribution is 2.46. The van der Waals surface area contributed by atoms with Crippen LogP contribution in [0.5, 0.6) is 0 Å². The Morgan fingerprint density at radius 1 is 0.364 bits per heavy atom. The second-order valence-corrected chi connectivity index (χ2v) is 14.2. The molecule has 0 atom stereocenters. The quantitative estimate of drug-likeness (QED) is 0.167. The van der Waals surface area contributed by atoms with Gasteiger partial charge in [0.1, 0.15) is 5.82 Å². The standard InChI is InChI=1S/C52H33N3/c1-3-13-36-29-40(24-22-34(36)11-1)50-44-18-5-6-19-45(44)51(41-25-23-35-12-2-4-14-37(35)30-41)47-32-39(26-27-46(47)50)38-15-9-17-43(31-38)55-49-21-8-7-20-48(49)54-52(55)42-16-10-28-53-33-42/h1-33H. The summed E-state index contributed by atoms with van der Waals surface area (Å²) in [6.07, 6.45) is 3.69. The minimum absolute atomic E-state index is 0.870. The molecule has 0 unspecified atom stereocenters. The van der Waals surface area contributed by atoms with E-state index in [9.17, 15) is 0 Å². The third kappa shape index (κ3) is 5.20. The fourth-order valence-electron chi connectivity index (χ4n) is 8.47. The lowest BCUT2D eigenvalue weighted by Crippen LogP contribution is -1.98. The number of pyridine rings is 1. The summed E-state index contributed by atoms with van der Waals surface area (Å²) < 4.78 is 2.25. The van der Waals surface area contributed by atoms with Crippen molar-refractivity contribution >= 4 is 54.1 Å². The molecular formula is C52H33N3. The highest BCUT2D eigenvalue weighted by molar-refractivity contribution is 6.22. The molecule has 0 fully saturated rings. The molecule has 2 aromatic heterocycles. The molecular weight excluding hydrogens is 667 g/mol. The van der Waals surface area contributed by atoms with Gasteiger partial charge in [-0.05, 0) is 131 Å². The van der Waals surface area contributed by atoms with Gasteiger partial charge < -0.3 is 0 Å². The van der Waals surface area contributed by atoms with Crippen LogP contribution in [-0.2, 0) is 0 Å². The van der Waals surface area contributed by atoms with E-state index >= 15 is 0 Å². The highest BCUT2D eigenvalue weighted by atomic mass is 15.1. The zero-order chi connectivity index (χ0) is 36.3. The number of fused-ring (bicyclic) bond motifs is 5. The molecule has 0 radical (unpaired) electrons. The number of rotatable bonds is 5. The van der Waals surface area contributed by atoms with Crippen LogP contribution < -0.4 is 0 Å². The van der Waals surface area contributed by atoms with Crippen molar-refractivity contribution in [2.45, 2.75) is 0 Å². The zero-order valence-corrected chi connectivity index (χ0v) is 29.9. The van der Waals surface area contributed by atoms with Crippen LogP contribution in [-0.4, -0.2) is 14.5 Å². The van der Waals surface area contributed by atoms with Gasteiger partial charge in [0, 0.05) is 23.6 Å². The van der Waals surface area contributed by atoms with Crippen molar-refractivity contribution in [1.29, 1.82) is 0 Å². The number of hydrogen-bond acceptors (Lipinski definition) is 2. The molecule has 3 nitrogen and oxygen atoms in total. The maximum Gasteiger partial charge on any atom is 0.147 e. The molecule has 0 N–H and O–H groups in total. The van der Waals surface area contributed by atoms with Gasteiger partial charge in [0.2, 0.25) is 0 Å². The highest BCUT2D eigenvalue weighted by Gasteiger charge is 2.19. The Kier molecular flexibility index (Phi) is 7.17. The van der Waals surface area contributed by atoms with E-state index in [2.05, 4.69) is 185 Å². The van der Waals surface area contributed by atoms with Gasteiger partial charge in [-0.15, -0.1) is 0 Å². The SMILES string of the molecule is c1cncc(-c2nc3ccccc3n2-c2cccc(-c3ccc4c(-c5ccc6ccccc6c5)c5ccccc5c(-c5ccc6ccccc6c5)c4c3)c2)c1. The lowest BCUT2D eigenvalue weighted by Gasteiger charge is -2.19. The van der Waals surface area contributed by atoms with Gasteiger partial charge in [-0.2, -0.15) is 0 Å². The second kappa shape index (κ2) is 12.6. The number of aromatic nitrogens is 3. The Morgan fingerprint density at radius 3 is 1.65 bits per heavy atom. The first-order chi connectivity index (χ1) is 27.3. The molecule has 0 bridgehead atoms. The first-order valence-corrected chi connectivity index (χ1v) is 18.7. The Morgan fingerprint density at radius 2 is 0.945 bits per heavy atom. The van der Waals surface area contributed by atoms with Crippen molar-refractivity contribution in [3.63, 3.8) is 0 Å². The van der Waals surface area contributed by atoms with E-state index in [1.165, 1.54) is 65.3 Å². The summed E-state index contributed by atoms with van der Waals surface area (Å²) in [5.74, 6) is 0.870. The Labute approximate surface area is 318 Å². The van der Waals surface area contributed by atoms with Gasteiger partial charge in [0.25, 0.3) is 0 Å². The Balaban J connectivity index is 1.18. The van der Waals surface area contributed by atoms with Crippen molar-refractivity contribution < 1.29 is 0 Å². The van der Waals surface area contributed by atoms with Crippen molar-refractivity contribution in [3.05, 3.63) is 200 Å². The fourth-order valence-corrected chi connectivity index (χ4v) is 8.47. The molecule has 55 heavy (non-hydrogen) atoms. The molecule has 256 valence electrons. The van der Waals surface area contributed by atoms with Crippen LogP contribution >= 0.6 is 0 Å². The smallest absolute Gasteiger partial charge is 0.147 e. The maximum atomic E-state index is 5.08. The molecule has 0 aliphatic heterocycles. The number of nitrogens with zero attached hydrogens (tertiary/aromatic N) is 3. The van der Waals surface area contributed by atoms with Crippen molar-refractivity contribution in [1.82, 2.24) is 14.5 Å². The van der Waals surface area contributed by atoms with Crippen molar-refractivity contribution in [2.24, 2.45) is 0 Å². The van der Waals surface area contributed by atoms with Crippen molar-refractivity contribution in [2.75, 3.05) is 0 Å². The van der Waals surface area contributed by atoms with Gasteiger partial charge in [0.05, 0.1) is 11.0 Å². The van der Waals surface area contributed by atoms with Crippen LogP contribution in [0.4, 0.5) is 0 Å². The number of hydrogen-bond donors (Lipinski definition) is 0. The summed E-state index contributed by atoms with van der Waals surface area (Å²) in [6, 6.07) is 68.2. The topological polar surface area (TPSA) is 30.7 Å². The summed E-state index contributed by atoms with van der Waals surface area (Å²) in [6.45, 7) is 0. The number of imidazole rings is 1. The van der Waals surface area contributed by atoms with E-state index in [0.717, 1.165) is 39.2 Å². The second-order valence-electron chi connectivity index (χ2n) is 14.2. The summed E-state index contributed by atoms with van der Waals surface area (Å²) in [5, 5.41) is 9.90. The number of benzene rings is 9. The molecule has 0 saturated heterocycles. The molecule has 3 heteroatoms. The monoisotopic (exact) mass is 699 g/mol. The molecule has 0 aliphatic rings. The summed E-state index contributed by atoms with van der Waals surface area (Å²) in [4.78, 5) is 9.50. The largest absolute Gasteiger partial charge is 0.292 e. The van der Waals surface area contributed by atoms with E-state index in [1.54, 1.807) is 6.20 Å². The molecule has 0 spiro atoms. The van der Waals surface area contributed by atoms with E-state index < -0.39 is 0 Å². The molecule has 9 aromatic carbocycles. The van der Waals surface area contributed by atoms with E-state index in [1.807, 2.05) is 18.3 Å². The predicted molar refractivity (Wildman–Crippen MR) is 231 cm³/mol. The van der Waals surface area contributed by atoms with Crippen LogP contribution in [0, 0.1) is 0 Å². The van der Waals surface area contributed by atoms with Gasteiger partial charge in [-0.25, -0.2) is 4.98 Å². The Bertz CT molecular complexity index is 3270. The molecule has 2 heterocycles. The van der Waals surface area contributed by atoms with Crippen LogP contribution in [0.15, 0.2) is 200 Å². The lowest BCUT2D eigenvalue weighted by molar-refractivity contribution is 1.10. The first kappa shape index (κ1) is 31.2. The minimum Gasteiger partial charge on any atom is -0.292 e. The molecule has 11 aromatic rings. The molecule has 0 saturated carbocycles. The predicted octanol–water partition coefficient (Wildman–Crippen LogP) is 13.7. The number of para-hydroxylation sites is 2. The van der Waals surface area contributed by atoms with Crippen LogP contribution in [0.2, 0.25) is 0 Å². The average Bonchev–Trinajstić information content (AvgIpc) is 3.65. The minimum atomic E-state index is 0.870. The average molecular weight is 700 g/mol. The molecule has 0 amide bonds. The normalized spacial score (nSPS) is 11.6. The molecule has 11 rings (SSSR count). The van der Waals surface area contributed by atoms with Crippen molar-refractivity contribution in [3.8, 4) is 50.5 Å². The zero-order valence-electron chi connectivity index (χ0n) is 29.9. The van der Waals surface area contributed by atoms with Gasteiger partial charge in [-0.3, -0.25) is 9.55 Å². The van der Waals surface area contributed by atoms with E-state index in [4.69, 9.17) is 4.98 Å². The van der Waals surface area contributed by atoms with Crippen LogP contribution in [0.25, 0.3) is 105 Å². The van der Waals surface area contributed by atoms with Crippen LogP contribution in [0.3, 0.4) is 0 Å².